The van der Waals surface area contributed by atoms with Crippen LogP contribution in [0.25, 0.3) is 10.8 Å². The Balaban J connectivity index is 1.70. The first-order valence-corrected chi connectivity index (χ1v) is 8.40. The van der Waals surface area contributed by atoms with Crippen LogP contribution in [0, 0.1) is 0 Å². The van der Waals surface area contributed by atoms with Gasteiger partial charge in [0.2, 0.25) is 11.8 Å². The van der Waals surface area contributed by atoms with Gasteiger partial charge in [0, 0.05) is 29.6 Å². The minimum absolute atomic E-state index is 0.219. The van der Waals surface area contributed by atoms with Gasteiger partial charge in [-0.05, 0) is 24.6 Å². The first-order valence-electron chi connectivity index (χ1n) is 8.40. The second-order valence-corrected chi connectivity index (χ2v) is 6.18. The van der Waals surface area contributed by atoms with Crippen molar-refractivity contribution in [3.05, 3.63) is 54.9 Å². The van der Waals surface area contributed by atoms with Crippen LogP contribution in [0.4, 0.5) is 0 Å². The van der Waals surface area contributed by atoms with Gasteiger partial charge in [0.15, 0.2) is 11.5 Å². The molecule has 1 aliphatic rings. The summed E-state index contributed by atoms with van der Waals surface area (Å²) in [5, 5.41) is 4.25. The van der Waals surface area contributed by atoms with Crippen molar-refractivity contribution in [3.63, 3.8) is 0 Å². The third-order valence-electron chi connectivity index (χ3n) is 4.53. The Labute approximate surface area is 150 Å². The number of para-hydroxylation sites is 2. The van der Waals surface area contributed by atoms with Crippen LogP contribution in [0.3, 0.4) is 0 Å². The van der Waals surface area contributed by atoms with E-state index in [-0.39, 0.29) is 17.9 Å². The number of rotatable bonds is 4. The number of carbonyl (C=O) groups is 2. The Kier molecular flexibility index (Phi) is 4.08. The van der Waals surface area contributed by atoms with E-state index in [0.29, 0.717) is 30.1 Å². The Morgan fingerprint density at radius 2 is 1.77 bits per heavy atom. The molecule has 0 radical (unpaired) electrons. The molecule has 1 atom stereocenters. The molecule has 2 heterocycles. The van der Waals surface area contributed by atoms with Crippen LogP contribution < -0.4 is 14.8 Å². The summed E-state index contributed by atoms with van der Waals surface area (Å²) in [6, 6.07) is 12.8. The van der Waals surface area contributed by atoms with E-state index >= 15 is 0 Å². The van der Waals surface area contributed by atoms with Gasteiger partial charge in [-0.2, -0.15) is 0 Å². The lowest BCUT2D eigenvalue weighted by molar-refractivity contribution is -0.135. The number of nitrogens with one attached hydrogen (secondary N) is 1. The third-order valence-corrected chi connectivity index (χ3v) is 4.53. The molecule has 0 spiro atoms. The van der Waals surface area contributed by atoms with E-state index in [1.54, 1.807) is 7.11 Å². The number of methoxy groups -OCH3 is 1. The highest BCUT2D eigenvalue weighted by Crippen LogP contribution is 2.36. The van der Waals surface area contributed by atoms with E-state index in [9.17, 15) is 9.59 Å². The maximum absolute atomic E-state index is 12.1. The fraction of sp³-hybridized carbons (Fsp3) is 0.200. The number of piperidine rings is 1. The number of ether oxygens (including phenoxy) is 2. The van der Waals surface area contributed by atoms with Crippen molar-refractivity contribution < 1.29 is 19.1 Å². The maximum Gasteiger partial charge on any atom is 0.249 e. The normalized spacial score (nSPS) is 17.2. The summed E-state index contributed by atoms with van der Waals surface area (Å²) >= 11 is 0. The number of amides is 2. The van der Waals surface area contributed by atoms with Gasteiger partial charge in [0.1, 0.15) is 11.8 Å². The Hall–Kier alpha value is -3.28. The van der Waals surface area contributed by atoms with Crippen LogP contribution in [0.1, 0.15) is 18.9 Å². The molecule has 1 aliphatic heterocycles. The molecule has 1 fully saturated rings. The molecule has 0 saturated carbocycles. The third kappa shape index (κ3) is 2.90. The van der Waals surface area contributed by atoms with E-state index in [1.165, 1.54) is 0 Å². The smallest absolute Gasteiger partial charge is 0.249 e. The minimum atomic E-state index is -0.390. The van der Waals surface area contributed by atoms with E-state index in [2.05, 4.69) is 5.32 Å². The molecule has 0 bridgehead atoms. The van der Waals surface area contributed by atoms with Crippen LogP contribution in [-0.4, -0.2) is 23.5 Å². The second kappa shape index (κ2) is 6.55. The molecule has 3 aromatic rings. The number of carbonyl (C=O) groups excluding carboxylic acids is 2. The Bertz CT molecular complexity index is 992. The van der Waals surface area contributed by atoms with Gasteiger partial charge in [-0.15, -0.1) is 0 Å². The molecule has 26 heavy (non-hydrogen) atoms. The first-order chi connectivity index (χ1) is 12.7. The molecule has 6 heteroatoms. The van der Waals surface area contributed by atoms with Crippen LogP contribution in [-0.2, 0) is 9.59 Å². The van der Waals surface area contributed by atoms with Crippen molar-refractivity contribution in [2.75, 3.05) is 7.11 Å². The molecular formula is C20H18N2O4. The van der Waals surface area contributed by atoms with Gasteiger partial charge in [-0.3, -0.25) is 14.9 Å². The predicted octanol–water partition coefficient (Wildman–Crippen LogP) is 3.42. The zero-order valence-electron chi connectivity index (χ0n) is 14.3. The lowest BCUT2D eigenvalue weighted by atomic mass is 10.1. The largest absolute Gasteiger partial charge is 0.493 e. The summed E-state index contributed by atoms with van der Waals surface area (Å²) in [5.74, 6) is 1.46. The van der Waals surface area contributed by atoms with Gasteiger partial charge in [0.05, 0.1) is 7.11 Å². The molecule has 2 aromatic carbocycles. The SMILES string of the molecule is COc1ccccc1Oc1cccc2cn(C3CCC(=O)NC3=O)cc12. The van der Waals surface area contributed by atoms with Crippen LogP contribution in [0.15, 0.2) is 54.9 Å². The van der Waals surface area contributed by atoms with E-state index in [4.69, 9.17) is 9.47 Å². The predicted molar refractivity (Wildman–Crippen MR) is 96.4 cm³/mol. The van der Waals surface area contributed by atoms with Gasteiger partial charge >= 0.3 is 0 Å². The number of nitrogens with zero attached hydrogens (tertiary/aromatic N) is 1. The molecule has 2 amide bonds. The highest BCUT2D eigenvalue weighted by Gasteiger charge is 2.28. The van der Waals surface area contributed by atoms with E-state index < -0.39 is 0 Å². The number of fused-ring (bicyclic) bond motifs is 1. The molecule has 1 saturated heterocycles. The summed E-state index contributed by atoms with van der Waals surface area (Å²) < 4.78 is 13.3. The molecule has 1 N–H and O–H groups in total. The summed E-state index contributed by atoms with van der Waals surface area (Å²) in [6.45, 7) is 0. The highest BCUT2D eigenvalue weighted by atomic mass is 16.5. The summed E-state index contributed by atoms with van der Waals surface area (Å²) in [6.07, 6.45) is 4.63. The van der Waals surface area contributed by atoms with Crippen molar-refractivity contribution in [2.45, 2.75) is 18.9 Å². The lowest BCUT2D eigenvalue weighted by Crippen LogP contribution is -2.41. The zero-order chi connectivity index (χ0) is 18.1. The molecule has 1 aromatic heterocycles. The number of benzene rings is 2. The summed E-state index contributed by atoms with van der Waals surface area (Å²) in [4.78, 5) is 23.5. The maximum atomic E-state index is 12.1. The first kappa shape index (κ1) is 16.2. The van der Waals surface area contributed by atoms with Crippen molar-refractivity contribution in [3.8, 4) is 17.2 Å². The van der Waals surface area contributed by atoms with Crippen molar-refractivity contribution in [1.82, 2.24) is 9.88 Å². The quantitative estimate of drug-likeness (QED) is 0.732. The average Bonchev–Trinajstić information content (AvgIpc) is 3.07. The van der Waals surface area contributed by atoms with Crippen LogP contribution in [0.2, 0.25) is 0 Å². The molecule has 4 rings (SSSR count). The van der Waals surface area contributed by atoms with Crippen molar-refractivity contribution in [2.24, 2.45) is 0 Å². The lowest BCUT2D eigenvalue weighted by Gasteiger charge is -2.21. The second-order valence-electron chi connectivity index (χ2n) is 6.18. The zero-order valence-corrected chi connectivity index (χ0v) is 14.3. The number of imide groups is 1. The van der Waals surface area contributed by atoms with E-state index in [1.807, 2.05) is 59.4 Å². The average molecular weight is 350 g/mol. The molecular weight excluding hydrogens is 332 g/mol. The van der Waals surface area contributed by atoms with Crippen molar-refractivity contribution in [1.29, 1.82) is 0 Å². The highest BCUT2D eigenvalue weighted by molar-refractivity contribution is 6.00. The monoisotopic (exact) mass is 350 g/mol. The summed E-state index contributed by atoms with van der Waals surface area (Å²) in [7, 11) is 1.60. The molecule has 132 valence electrons. The Morgan fingerprint density at radius 1 is 1.00 bits per heavy atom. The fourth-order valence-electron chi connectivity index (χ4n) is 3.22. The number of hydrogen-bond acceptors (Lipinski definition) is 4. The topological polar surface area (TPSA) is 69.6 Å². The fourth-order valence-corrected chi connectivity index (χ4v) is 3.22. The van der Waals surface area contributed by atoms with Crippen molar-refractivity contribution >= 4 is 22.6 Å². The number of hydrogen-bond donors (Lipinski definition) is 1. The minimum Gasteiger partial charge on any atom is -0.493 e. The molecule has 0 aliphatic carbocycles. The summed E-state index contributed by atoms with van der Waals surface area (Å²) in [5.41, 5.74) is 0. The Morgan fingerprint density at radius 3 is 2.54 bits per heavy atom. The van der Waals surface area contributed by atoms with Gasteiger partial charge in [0.25, 0.3) is 0 Å². The van der Waals surface area contributed by atoms with Gasteiger partial charge in [-0.25, -0.2) is 0 Å². The number of aromatic nitrogens is 1. The molecule has 1 unspecified atom stereocenters. The standard InChI is InChI=1S/C20H18N2O4/c1-25-17-6-2-3-7-18(17)26-16-8-4-5-13-11-22(12-14(13)16)15-9-10-19(23)21-20(15)24/h2-8,11-12,15H,9-10H2,1H3,(H,21,23,24). The van der Waals surface area contributed by atoms with Gasteiger partial charge < -0.3 is 14.0 Å². The van der Waals surface area contributed by atoms with Crippen LogP contribution in [0.5, 0.6) is 17.2 Å². The molecule has 6 nitrogen and oxygen atoms in total. The van der Waals surface area contributed by atoms with E-state index in [0.717, 1.165) is 10.8 Å². The van der Waals surface area contributed by atoms with Crippen LogP contribution >= 0.6 is 0 Å². The van der Waals surface area contributed by atoms with Gasteiger partial charge in [-0.1, -0.05) is 24.3 Å².